The summed E-state index contributed by atoms with van der Waals surface area (Å²) in [6.45, 7) is 2.15. The van der Waals surface area contributed by atoms with Gasteiger partial charge in [-0.15, -0.1) is 0 Å². The summed E-state index contributed by atoms with van der Waals surface area (Å²) in [5.74, 6) is -0.688. The average Bonchev–Trinajstić information content (AvgIpc) is 3.20. The van der Waals surface area contributed by atoms with Gasteiger partial charge in [0.05, 0.1) is 12.1 Å². The highest BCUT2D eigenvalue weighted by atomic mass is 16.6. The Morgan fingerprint density at radius 3 is 2.51 bits per heavy atom. The summed E-state index contributed by atoms with van der Waals surface area (Å²) in [7, 11) is 0. The van der Waals surface area contributed by atoms with Gasteiger partial charge in [-0.05, 0) is 42.8 Å². The van der Waals surface area contributed by atoms with Crippen molar-refractivity contribution in [1.82, 2.24) is 9.80 Å². The largest absolute Gasteiger partial charge is 0.445 e. The van der Waals surface area contributed by atoms with Crippen LogP contribution in [0.1, 0.15) is 43.4 Å². The van der Waals surface area contributed by atoms with Gasteiger partial charge in [-0.2, -0.15) is 0 Å². The second-order valence-corrected chi connectivity index (χ2v) is 8.61. The Labute approximate surface area is 203 Å². The van der Waals surface area contributed by atoms with Gasteiger partial charge in [-0.3, -0.25) is 4.79 Å². The van der Waals surface area contributed by atoms with Gasteiger partial charge < -0.3 is 14.4 Å². The number of amides is 3. The predicted molar refractivity (Wildman–Crippen MR) is 126 cm³/mol. The molecule has 182 valence electrons. The molecule has 2 heterocycles. The van der Waals surface area contributed by atoms with Crippen LogP contribution in [-0.4, -0.2) is 52.6 Å². The Balaban J connectivity index is 1.52. The lowest BCUT2D eigenvalue weighted by Gasteiger charge is -2.38. The first-order valence-electron chi connectivity index (χ1n) is 11.6. The third kappa shape index (κ3) is 5.22. The molecule has 0 saturated carbocycles. The lowest BCUT2D eigenvalue weighted by Crippen LogP contribution is -2.55. The van der Waals surface area contributed by atoms with E-state index in [1.54, 1.807) is 6.92 Å². The third-order valence-electron chi connectivity index (χ3n) is 6.42. The molecule has 0 aliphatic carbocycles. The summed E-state index contributed by atoms with van der Waals surface area (Å²) in [4.78, 5) is 44.5. The maximum absolute atomic E-state index is 13.6. The van der Waals surface area contributed by atoms with Crippen molar-refractivity contribution < 1.29 is 23.9 Å². The van der Waals surface area contributed by atoms with Gasteiger partial charge in [-0.25, -0.2) is 14.5 Å². The number of azide groups is 1. The molecule has 2 aliphatic rings. The molecule has 2 aliphatic heterocycles. The number of cyclic esters (lactones) is 1. The minimum atomic E-state index is -1.28. The van der Waals surface area contributed by atoms with Gasteiger partial charge in [0.1, 0.15) is 18.8 Å². The molecule has 0 bridgehead atoms. The van der Waals surface area contributed by atoms with Crippen LogP contribution in [-0.2, 0) is 20.9 Å². The maximum Gasteiger partial charge on any atom is 0.417 e. The number of carbonyl (C=O) groups is 3. The van der Waals surface area contributed by atoms with Crippen LogP contribution >= 0.6 is 0 Å². The molecule has 35 heavy (non-hydrogen) atoms. The Morgan fingerprint density at radius 2 is 1.83 bits per heavy atom. The van der Waals surface area contributed by atoms with Crippen LogP contribution in [0.4, 0.5) is 9.59 Å². The van der Waals surface area contributed by atoms with Crippen molar-refractivity contribution in [2.24, 2.45) is 5.11 Å². The Morgan fingerprint density at radius 1 is 1.14 bits per heavy atom. The predicted octanol–water partition coefficient (Wildman–Crippen LogP) is 4.97. The highest BCUT2D eigenvalue weighted by Gasteiger charge is 2.48. The molecule has 0 spiro atoms. The van der Waals surface area contributed by atoms with E-state index in [0.717, 1.165) is 28.9 Å². The zero-order chi connectivity index (χ0) is 24.8. The number of hydrogen-bond donors (Lipinski definition) is 0. The minimum absolute atomic E-state index is 0.0806. The summed E-state index contributed by atoms with van der Waals surface area (Å²) in [6.07, 6.45) is -0.128. The van der Waals surface area contributed by atoms with E-state index in [9.17, 15) is 19.9 Å². The summed E-state index contributed by atoms with van der Waals surface area (Å²) in [5, 5.41) is 3.74. The van der Waals surface area contributed by atoms with Crippen molar-refractivity contribution in [2.75, 3.05) is 6.54 Å². The molecule has 0 N–H and O–H groups in total. The van der Waals surface area contributed by atoms with Gasteiger partial charge in [0, 0.05) is 11.5 Å². The quantitative estimate of drug-likeness (QED) is 0.330. The van der Waals surface area contributed by atoms with E-state index in [1.807, 2.05) is 60.7 Å². The van der Waals surface area contributed by atoms with E-state index < -0.39 is 42.3 Å². The van der Waals surface area contributed by atoms with E-state index >= 15 is 0 Å². The first-order chi connectivity index (χ1) is 17.0. The van der Waals surface area contributed by atoms with Gasteiger partial charge in [0.15, 0.2) is 0 Å². The topological polar surface area (TPSA) is 125 Å². The molecule has 0 unspecified atom stereocenters. The van der Waals surface area contributed by atoms with E-state index in [-0.39, 0.29) is 6.61 Å². The van der Waals surface area contributed by atoms with Gasteiger partial charge in [0.25, 0.3) is 0 Å². The Hall–Kier alpha value is -4.04. The van der Waals surface area contributed by atoms with Crippen LogP contribution in [0.15, 0.2) is 65.8 Å². The highest BCUT2D eigenvalue weighted by molar-refractivity contribution is 5.97. The fourth-order valence-corrected chi connectivity index (χ4v) is 4.65. The van der Waals surface area contributed by atoms with Crippen LogP contribution in [0.5, 0.6) is 0 Å². The van der Waals surface area contributed by atoms with Crippen molar-refractivity contribution in [3.63, 3.8) is 0 Å². The van der Waals surface area contributed by atoms with Gasteiger partial charge in [-0.1, -0.05) is 65.8 Å². The molecule has 4 rings (SSSR count). The van der Waals surface area contributed by atoms with Crippen LogP contribution in [0, 0.1) is 0 Å². The van der Waals surface area contributed by atoms with Crippen molar-refractivity contribution in [3.05, 3.63) is 82.2 Å². The fourth-order valence-electron chi connectivity index (χ4n) is 4.65. The first kappa shape index (κ1) is 24.1. The van der Waals surface area contributed by atoms with E-state index in [4.69, 9.17) is 9.47 Å². The fraction of sp³-hybridized carbons (Fsp3) is 0.400. The minimum Gasteiger partial charge on any atom is -0.445 e. The molecule has 10 nitrogen and oxygen atoms in total. The number of hydrogen-bond acceptors (Lipinski definition) is 6. The van der Waals surface area contributed by atoms with Crippen LogP contribution < -0.4 is 0 Å². The number of piperidine rings is 1. The van der Waals surface area contributed by atoms with Crippen molar-refractivity contribution in [1.29, 1.82) is 0 Å². The Kier molecular flexibility index (Phi) is 7.52. The zero-order valence-corrected chi connectivity index (χ0v) is 19.4. The zero-order valence-electron chi connectivity index (χ0n) is 19.4. The molecular weight excluding hydrogens is 450 g/mol. The molecule has 0 aromatic heterocycles. The molecular formula is C25H27N5O5. The lowest BCUT2D eigenvalue weighted by molar-refractivity contribution is -0.132. The number of rotatable bonds is 6. The third-order valence-corrected chi connectivity index (χ3v) is 6.42. The second-order valence-electron chi connectivity index (χ2n) is 8.61. The van der Waals surface area contributed by atoms with Crippen molar-refractivity contribution >= 4 is 18.1 Å². The Bertz CT molecular complexity index is 1110. The monoisotopic (exact) mass is 477 g/mol. The number of likely N-dealkylation sites (tertiary alicyclic amines) is 1. The molecule has 10 heteroatoms. The molecule has 4 atom stereocenters. The molecule has 0 radical (unpaired) electrons. The van der Waals surface area contributed by atoms with Crippen LogP contribution in [0.3, 0.4) is 0 Å². The van der Waals surface area contributed by atoms with Crippen molar-refractivity contribution in [2.45, 2.75) is 57.0 Å². The van der Waals surface area contributed by atoms with Crippen LogP contribution in [0.25, 0.3) is 10.4 Å². The summed E-state index contributed by atoms with van der Waals surface area (Å²) in [6, 6.07) is 15.8. The molecule has 3 amide bonds. The SMILES string of the molecule is C[C@H]1[C@@H](c2ccccc2)OC(=O)N1C(=O)[C@@H](N=[N+]=[N-])[C@H]1CCCCN1C(=O)OCc1ccccc1. The van der Waals surface area contributed by atoms with E-state index in [2.05, 4.69) is 10.0 Å². The summed E-state index contributed by atoms with van der Waals surface area (Å²) in [5.41, 5.74) is 10.8. The second kappa shape index (κ2) is 10.9. The summed E-state index contributed by atoms with van der Waals surface area (Å²) < 4.78 is 11.0. The lowest BCUT2D eigenvalue weighted by atomic mass is 9.94. The van der Waals surface area contributed by atoms with Gasteiger partial charge >= 0.3 is 12.2 Å². The number of carbonyl (C=O) groups excluding carboxylic acids is 3. The molecule has 2 saturated heterocycles. The van der Waals surface area contributed by atoms with E-state index in [1.165, 1.54) is 4.90 Å². The normalized spacial score (nSPS) is 22.7. The number of nitrogens with zero attached hydrogens (tertiary/aromatic N) is 5. The van der Waals surface area contributed by atoms with Gasteiger partial charge in [0.2, 0.25) is 5.91 Å². The van der Waals surface area contributed by atoms with Crippen molar-refractivity contribution in [3.8, 4) is 0 Å². The number of ether oxygens (including phenoxy) is 2. The molecule has 2 aromatic rings. The summed E-state index contributed by atoms with van der Waals surface area (Å²) >= 11 is 0. The van der Waals surface area contributed by atoms with Crippen LogP contribution in [0.2, 0.25) is 0 Å². The number of imide groups is 1. The highest BCUT2D eigenvalue weighted by Crippen LogP contribution is 2.34. The maximum atomic E-state index is 13.6. The number of benzene rings is 2. The molecule has 2 aromatic carbocycles. The standard InChI is InChI=1S/C25H27N5O5/c1-17-22(19-12-6-3-7-13-19)35-25(33)30(17)23(31)21(27-28-26)20-14-8-9-15-29(20)24(32)34-16-18-10-4-2-5-11-18/h2-7,10-13,17,20-22H,8-9,14-16H2,1H3/t17-,20+,21-,22-/m0/s1. The average molecular weight is 478 g/mol. The first-order valence-corrected chi connectivity index (χ1v) is 11.6. The van der Waals surface area contributed by atoms with E-state index in [0.29, 0.717) is 13.0 Å². The molecule has 2 fully saturated rings. The smallest absolute Gasteiger partial charge is 0.417 e.